The van der Waals surface area contributed by atoms with E-state index in [4.69, 9.17) is 4.99 Å². The highest BCUT2D eigenvalue weighted by Gasteiger charge is 2.17. The summed E-state index contributed by atoms with van der Waals surface area (Å²) in [5.41, 5.74) is 4.66. The zero-order chi connectivity index (χ0) is 22.2. The van der Waals surface area contributed by atoms with Crippen molar-refractivity contribution in [2.24, 2.45) is 4.99 Å². The first-order chi connectivity index (χ1) is 15.7. The summed E-state index contributed by atoms with van der Waals surface area (Å²) in [6, 6.07) is 38.4. The maximum Gasteiger partial charge on any atom is 0.137 e. The van der Waals surface area contributed by atoms with Gasteiger partial charge < -0.3 is 5.09 Å². The predicted molar refractivity (Wildman–Crippen MR) is 140 cm³/mol. The van der Waals surface area contributed by atoms with E-state index in [1.54, 1.807) is 0 Å². The van der Waals surface area contributed by atoms with Crippen LogP contribution in [-0.4, -0.2) is 5.84 Å². The van der Waals surface area contributed by atoms with Crippen molar-refractivity contribution in [3.8, 4) is 0 Å². The van der Waals surface area contributed by atoms with Crippen LogP contribution in [-0.2, 0) is 6.42 Å². The van der Waals surface area contributed by atoms with Crippen LogP contribution in [0, 0.1) is 6.92 Å². The minimum Gasteiger partial charge on any atom is -0.341 e. The van der Waals surface area contributed by atoms with Crippen molar-refractivity contribution in [1.82, 2.24) is 5.09 Å². The van der Waals surface area contributed by atoms with Crippen molar-refractivity contribution in [2.75, 3.05) is 0 Å². The number of rotatable bonds is 7. The van der Waals surface area contributed by atoms with Crippen LogP contribution in [0.4, 0.5) is 5.69 Å². The molecule has 4 aromatic rings. The molecule has 0 bridgehead atoms. The van der Waals surface area contributed by atoms with Crippen LogP contribution >= 0.6 is 8.07 Å². The molecule has 0 aromatic heterocycles. The molecule has 0 atom stereocenters. The van der Waals surface area contributed by atoms with Crippen molar-refractivity contribution < 1.29 is 0 Å². The van der Waals surface area contributed by atoms with Gasteiger partial charge in [0.15, 0.2) is 0 Å². The highest BCUT2D eigenvalue weighted by atomic mass is 31.1. The fourth-order valence-electron chi connectivity index (χ4n) is 3.62. The molecule has 0 aliphatic heterocycles. The smallest absolute Gasteiger partial charge is 0.137 e. The standard InChI is InChI=1S/C29H29N2P/c1-3-12-24-13-10-11-18-28(24)30-29(25-21-19-23(2)20-22-25)31-32(26-14-6-4-7-15-26)27-16-8-5-9-17-27/h4-11,13-22H,3,12H2,1-2H3,(H,30,31). The highest BCUT2D eigenvalue weighted by Crippen LogP contribution is 2.31. The summed E-state index contributed by atoms with van der Waals surface area (Å²) in [5, 5.41) is 6.40. The van der Waals surface area contributed by atoms with E-state index in [0.29, 0.717) is 0 Å². The number of hydrogen-bond donors (Lipinski definition) is 1. The molecule has 4 aromatic carbocycles. The SMILES string of the molecule is CCCc1ccccc1/N=C(/NP(c1ccccc1)c1ccccc1)c1ccc(C)cc1. The second kappa shape index (κ2) is 10.9. The van der Waals surface area contributed by atoms with Crippen molar-refractivity contribution in [3.05, 3.63) is 126 Å². The molecule has 0 saturated carbocycles. The molecule has 0 saturated heterocycles. The molecule has 160 valence electrons. The first kappa shape index (κ1) is 22.0. The average molecular weight is 437 g/mol. The summed E-state index contributed by atoms with van der Waals surface area (Å²) in [5.74, 6) is 0.910. The summed E-state index contributed by atoms with van der Waals surface area (Å²) >= 11 is 0. The second-order valence-corrected chi connectivity index (χ2v) is 9.75. The summed E-state index contributed by atoms with van der Waals surface area (Å²) in [4.78, 5) is 5.19. The third kappa shape index (κ3) is 5.52. The minimum atomic E-state index is -0.816. The molecule has 0 aliphatic carbocycles. The quantitative estimate of drug-likeness (QED) is 0.195. The Bertz CT molecular complexity index is 1110. The summed E-state index contributed by atoms with van der Waals surface area (Å²) in [7, 11) is -0.816. The lowest BCUT2D eigenvalue weighted by molar-refractivity contribution is 0.921. The van der Waals surface area contributed by atoms with E-state index >= 15 is 0 Å². The van der Waals surface area contributed by atoms with Crippen LogP contribution in [0.25, 0.3) is 0 Å². The first-order valence-electron chi connectivity index (χ1n) is 11.1. The van der Waals surface area contributed by atoms with E-state index in [2.05, 4.69) is 128 Å². The molecule has 0 heterocycles. The van der Waals surface area contributed by atoms with E-state index in [1.807, 2.05) is 0 Å². The van der Waals surface area contributed by atoms with Crippen molar-refractivity contribution in [3.63, 3.8) is 0 Å². The van der Waals surface area contributed by atoms with E-state index < -0.39 is 8.07 Å². The van der Waals surface area contributed by atoms with Gasteiger partial charge in [-0.1, -0.05) is 122 Å². The van der Waals surface area contributed by atoms with Gasteiger partial charge in [0.2, 0.25) is 0 Å². The van der Waals surface area contributed by atoms with Crippen LogP contribution < -0.4 is 15.7 Å². The third-order valence-electron chi connectivity index (χ3n) is 5.31. The number of benzene rings is 4. The predicted octanol–water partition coefficient (Wildman–Crippen LogP) is 6.66. The summed E-state index contributed by atoms with van der Waals surface area (Å²) in [6.45, 7) is 4.33. The maximum atomic E-state index is 5.19. The Kier molecular flexibility index (Phi) is 7.48. The molecule has 0 fully saturated rings. The van der Waals surface area contributed by atoms with Gasteiger partial charge in [0.05, 0.1) is 13.8 Å². The third-order valence-corrected chi connectivity index (χ3v) is 7.38. The summed E-state index contributed by atoms with van der Waals surface area (Å²) in [6.07, 6.45) is 2.12. The lowest BCUT2D eigenvalue weighted by atomic mass is 10.1. The molecular weight excluding hydrogens is 407 g/mol. The number of nitrogens with zero attached hydrogens (tertiary/aromatic N) is 1. The van der Waals surface area contributed by atoms with Gasteiger partial charge in [0.25, 0.3) is 0 Å². The van der Waals surface area contributed by atoms with Gasteiger partial charge in [-0.05, 0) is 25.0 Å². The van der Waals surface area contributed by atoms with E-state index in [0.717, 1.165) is 29.9 Å². The molecule has 3 heteroatoms. The second-order valence-electron chi connectivity index (χ2n) is 7.82. The van der Waals surface area contributed by atoms with E-state index in [-0.39, 0.29) is 0 Å². The zero-order valence-corrected chi connectivity index (χ0v) is 19.6. The van der Waals surface area contributed by atoms with Gasteiger partial charge >= 0.3 is 0 Å². The molecule has 0 unspecified atom stereocenters. The number of hydrogen-bond acceptors (Lipinski definition) is 1. The molecule has 0 amide bonds. The Morgan fingerprint density at radius 1 is 0.719 bits per heavy atom. The Labute approximate surface area is 192 Å². The largest absolute Gasteiger partial charge is 0.341 e. The topological polar surface area (TPSA) is 24.4 Å². The number of aliphatic imine (C=N–C) groups is 1. The monoisotopic (exact) mass is 436 g/mol. The van der Waals surface area contributed by atoms with Crippen LogP contribution in [0.5, 0.6) is 0 Å². The van der Waals surface area contributed by atoms with Gasteiger partial charge in [-0.3, -0.25) is 0 Å². The Morgan fingerprint density at radius 3 is 1.88 bits per heavy atom. The minimum absolute atomic E-state index is 0.816. The molecule has 2 nitrogen and oxygen atoms in total. The number of amidine groups is 1. The molecule has 0 spiro atoms. The Hall–Kier alpha value is -3.22. The molecule has 1 N–H and O–H groups in total. The van der Waals surface area contributed by atoms with Gasteiger partial charge in [-0.15, -0.1) is 0 Å². The van der Waals surface area contributed by atoms with Crippen molar-refractivity contribution >= 4 is 30.2 Å². The van der Waals surface area contributed by atoms with E-state index in [9.17, 15) is 0 Å². The number of para-hydroxylation sites is 1. The van der Waals surface area contributed by atoms with Crippen LogP contribution in [0.1, 0.15) is 30.0 Å². The van der Waals surface area contributed by atoms with Crippen LogP contribution in [0.3, 0.4) is 0 Å². The Balaban J connectivity index is 1.81. The molecule has 0 radical (unpaired) electrons. The van der Waals surface area contributed by atoms with Gasteiger partial charge in [0.1, 0.15) is 5.84 Å². The average Bonchev–Trinajstić information content (AvgIpc) is 2.84. The molecule has 32 heavy (non-hydrogen) atoms. The van der Waals surface area contributed by atoms with Gasteiger partial charge in [0, 0.05) is 16.2 Å². The number of aryl methyl sites for hydroxylation is 2. The fourth-order valence-corrected chi connectivity index (χ4v) is 5.51. The molecule has 0 aliphatic rings. The van der Waals surface area contributed by atoms with Crippen molar-refractivity contribution in [2.45, 2.75) is 26.7 Å². The zero-order valence-electron chi connectivity index (χ0n) is 18.7. The fraction of sp³-hybridized carbons (Fsp3) is 0.138. The van der Waals surface area contributed by atoms with Crippen LogP contribution in [0.2, 0.25) is 0 Å². The van der Waals surface area contributed by atoms with Gasteiger partial charge in [-0.25, -0.2) is 4.99 Å². The maximum absolute atomic E-state index is 5.19. The lowest BCUT2D eigenvalue weighted by Gasteiger charge is -2.22. The summed E-state index contributed by atoms with van der Waals surface area (Å²) < 4.78 is 0. The normalized spacial score (nSPS) is 11.5. The van der Waals surface area contributed by atoms with Crippen LogP contribution in [0.15, 0.2) is 114 Å². The highest BCUT2D eigenvalue weighted by molar-refractivity contribution is 7.71. The Morgan fingerprint density at radius 2 is 1.28 bits per heavy atom. The van der Waals surface area contributed by atoms with E-state index in [1.165, 1.54) is 21.7 Å². The lowest BCUT2D eigenvalue weighted by Crippen LogP contribution is -2.29. The number of nitrogens with one attached hydrogen (secondary N) is 1. The van der Waals surface area contributed by atoms with Crippen molar-refractivity contribution in [1.29, 1.82) is 0 Å². The molecular formula is C29H29N2P. The first-order valence-corrected chi connectivity index (χ1v) is 12.5. The van der Waals surface area contributed by atoms with Gasteiger partial charge in [-0.2, -0.15) is 0 Å². The molecule has 4 rings (SSSR count).